The van der Waals surface area contributed by atoms with Crippen LogP contribution in [-0.2, 0) is 14.8 Å². The number of benzene rings is 1. The third-order valence-corrected chi connectivity index (χ3v) is 5.27. The van der Waals surface area contributed by atoms with Gasteiger partial charge in [0.1, 0.15) is 0 Å². The molecule has 7 heteroatoms. The molecule has 1 amide bonds. The first-order valence-electron chi connectivity index (χ1n) is 7.23. The summed E-state index contributed by atoms with van der Waals surface area (Å²) in [6.07, 6.45) is 1.11. The molecule has 1 aromatic rings. The lowest BCUT2D eigenvalue weighted by Gasteiger charge is -2.40. The normalized spacial score (nSPS) is 20.4. The number of likely N-dealkylation sites (N-methyl/N-ethyl adjacent to an activating group) is 2. The van der Waals surface area contributed by atoms with E-state index in [1.807, 2.05) is 37.4 Å². The average molecular weight is 325 g/mol. The summed E-state index contributed by atoms with van der Waals surface area (Å²) < 4.78 is 24.1. The Morgan fingerprint density at radius 3 is 2.50 bits per heavy atom. The Morgan fingerprint density at radius 1 is 1.27 bits per heavy atom. The second kappa shape index (κ2) is 6.76. The predicted octanol–water partition coefficient (Wildman–Crippen LogP) is 0.393. The molecule has 1 atom stereocenters. The van der Waals surface area contributed by atoms with Crippen molar-refractivity contribution in [1.82, 2.24) is 14.1 Å². The summed E-state index contributed by atoms with van der Waals surface area (Å²) in [6, 6.07) is 9.82. The van der Waals surface area contributed by atoms with E-state index in [1.54, 1.807) is 4.90 Å². The molecule has 6 nitrogen and oxygen atoms in total. The van der Waals surface area contributed by atoms with Crippen molar-refractivity contribution in [3.05, 3.63) is 35.9 Å². The van der Waals surface area contributed by atoms with Crippen LogP contribution < -0.4 is 0 Å². The Labute approximate surface area is 132 Å². The van der Waals surface area contributed by atoms with Crippen LogP contribution in [0.3, 0.4) is 0 Å². The fraction of sp³-hybridized carbons (Fsp3) is 0.533. The van der Waals surface area contributed by atoms with E-state index in [1.165, 1.54) is 7.05 Å². The third kappa shape index (κ3) is 4.06. The van der Waals surface area contributed by atoms with Crippen molar-refractivity contribution in [3.8, 4) is 0 Å². The molecule has 0 N–H and O–H groups in total. The number of carbonyl (C=O) groups is 1. The summed E-state index contributed by atoms with van der Waals surface area (Å²) in [4.78, 5) is 16.5. The van der Waals surface area contributed by atoms with Gasteiger partial charge in [0.05, 0.1) is 18.8 Å². The minimum Gasteiger partial charge on any atom is -0.332 e. The maximum Gasteiger partial charge on any atom is 0.238 e. The van der Waals surface area contributed by atoms with Crippen molar-refractivity contribution in [2.24, 2.45) is 0 Å². The molecule has 0 radical (unpaired) electrons. The van der Waals surface area contributed by atoms with Crippen molar-refractivity contribution >= 4 is 15.9 Å². The fourth-order valence-electron chi connectivity index (χ4n) is 2.58. The molecule has 122 valence electrons. The zero-order valence-electron chi connectivity index (χ0n) is 13.3. The number of rotatable bonds is 4. The molecule has 0 aromatic heterocycles. The molecule has 22 heavy (non-hydrogen) atoms. The summed E-state index contributed by atoms with van der Waals surface area (Å²) in [5.74, 6) is -0.158. The second-order valence-corrected chi connectivity index (χ2v) is 7.88. The molecule has 0 saturated carbocycles. The molecule has 0 aliphatic carbocycles. The summed E-state index contributed by atoms with van der Waals surface area (Å²) in [5.41, 5.74) is 1.07. The van der Waals surface area contributed by atoms with Gasteiger partial charge in [0.15, 0.2) is 0 Å². The van der Waals surface area contributed by atoms with Crippen LogP contribution in [0.5, 0.6) is 0 Å². The van der Waals surface area contributed by atoms with Crippen LogP contribution in [-0.4, -0.2) is 75.0 Å². The van der Waals surface area contributed by atoms with E-state index in [2.05, 4.69) is 4.90 Å². The Balaban J connectivity index is 2.18. The predicted molar refractivity (Wildman–Crippen MR) is 85.9 cm³/mol. The van der Waals surface area contributed by atoms with Gasteiger partial charge in [0, 0.05) is 26.7 Å². The number of nitrogens with zero attached hydrogens (tertiary/aromatic N) is 3. The van der Waals surface area contributed by atoms with Crippen LogP contribution in [0.2, 0.25) is 0 Å². The van der Waals surface area contributed by atoms with E-state index in [0.29, 0.717) is 6.54 Å². The molecular weight excluding hydrogens is 302 g/mol. The molecule has 0 unspecified atom stereocenters. The maximum absolute atomic E-state index is 12.5. The molecule has 1 saturated heterocycles. The molecule has 0 bridgehead atoms. The lowest BCUT2D eigenvalue weighted by atomic mass is 10.0. The highest BCUT2D eigenvalue weighted by atomic mass is 32.2. The second-order valence-electron chi connectivity index (χ2n) is 5.79. The number of hydrogen-bond acceptors (Lipinski definition) is 4. The van der Waals surface area contributed by atoms with Crippen LogP contribution in [0.15, 0.2) is 30.3 Å². The van der Waals surface area contributed by atoms with Crippen LogP contribution >= 0.6 is 0 Å². The largest absolute Gasteiger partial charge is 0.332 e. The summed E-state index contributed by atoms with van der Waals surface area (Å²) in [7, 11) is 0.106. The lowest BCUT2D eigenvalue weighted by molar-refractivity contribution is -0.136. The molecule has 1 aromatic carbocycles. The van der Waals surface area contributed by atoms with E-state index in [-0.39, 0.29) is 18.5 Å². The summed E-state index contributed by atoms with van der Waals surface area (Å²) in [6.45, 7) is 2.02. The minimum atomic E-state index is -3.35. The molecule has 1 aliphatic rings. The molecule has 0 spiro atoms. The third-order valence-electron chi connectivity index (χ3n) is 4.01. The lowest BCUT2D eigenvalue weighted by Crippen LogP contribution is -2.51. The van der Waals surface area contributed by atoms with Gasteiger partial charge in [-0.3, -0.25) is 4.79 Å². The summed E-state index contributed by atoms with van der Waals surface area (Å²) >= 11 is 0. The van der Waals surface area contributed by atoms with Crippen molar-refractivity contribution in [3.63, 3.8) is 0 Å². The number of hydrogen-bond donors (Lipinski definition) is 0. The zero-order valence-corrected chi connectivity index (χ0v) is 14.1. The Kier molecular flexibility index (Phi) is 5.20. The van der Waals surface area contributed by atoms with Crippen LogP contribution in [0.4, 0.5) is 0 Å². The monoisotopic (exact) mass is 325 g/mol. The van der Waals surface area contributed by atoms with E-state index in [4.69, 9.17) is 0 Å². The highest BCUT2D eigenvalue weighted by Gasteiger charge is 2.31. The van der Waals surface area contributed by atoms with Crippen molar-refractivity contribution in [2.75, 3.05) is 46.5 Å². The van der Waals surface area contributed by atoms with Crippen molar-refractivity contribution in [2.45, 2.75) is 6.04 Å². The molecular formula is C15H23N3O3S. The quantitative estimate of drug-likeness (QED) is 0.804. The average Bonchev–Trinajstić information content (AvgIpc) is 2.47. The smallest absolute Gasteiger partial charge is 0.238 e. The first kappa shape index (κ1) is 16.9. The fourth-order valence-corrected chi connectivity index (χ4v) is 2.92. The SMILES string of the molecule is CN1CCN(C(=O)CN(C)S(C)(=O)=O)[C@H](c2ccccc2)C1. The van der Waals surface area contributed by atoms with Crippen molar-refractivity contribution < 1.29 is 13.2 Å². The van der Waals surface area contributed by atoms with Crippen LogP contribution in [0.25, 0.3) is 0 Å². The number of sulfonamides is 1. The van der Waals surface area contributed by atoms with Gasteiger partial charge < -0.3 is 9.80 Å². The molecule has 1 fully saturated rings. The van der Waals surface area contributed by atoms with E-state index in [0.717, 1.165) is 29.2 Å². The number of carbonyl (C=O) groups excluding carboxylic acids is 1. The van der Waals surface area contributed by atoms with Gasteiger partial charge in [-0.2, -0.15) is 4.31 Å². The highest BCUT2D eigenvalue weighted by molar-refractivity contribution is 7.88. The van der Waals surface area contributed by atoms with Gasteiger partial charge in [-0.1, -0.05) is 30.3 Å². The van der Waals surface area contributed by atoms with Gasteiger partial charge in [0.25, 0.3) is 0 Å². The maximum atomic E-state index is 12.5. The topological polar surface area (TPSA) is 60.9 Å². The van der Waals surface area contributed by atoms with Gasteiger partial charge in [-0.15, -0.1) is 0 Å². The van der Waals surface area contributed by atoms with Gasteiger partial charge in [-0.25, -0.2) is 8.42 Å². The van der Waals surface area contributed by atoms with E-state index >= 15 is 0 Å². The first-order valence-corrected chi connectivity index (χ1v) is 9.08. The summed E-state index contributed by atoms with van der Waals surface area (Å²) in [5, 5.41) is 0. The van der Waals surface area contributed by atoms with Crippen LogP contribution in [0, 0.1) is 0 Å². The van der Waals surface area contributed by atoms with Crippen LogP contribution in [0.1, 0.15) is 11.6 Å². The zero-order chi connectivity index (χ0) is 16.3. The van der Waals surface area contributed by atoms with Gasteiger partial charge in [-0.05, 0) is 12.6 Å². The Morgan fingerprint density at radius 2 is 1.91 bits per heavy atom. The minimum absolute atomic E-state index is 0.0413. The molecule has 1 heterocycles. The number of amides is 1. The Hall–Kier alpha value is -1.44. The highest BCUT2D eigenvalue weighted by Crippen LogP contribution is 2.25. The van der Waals surface area contributed by atoms with E-state index < -0.39 is 10.0 Å². The number of piperazine rings is 1. The molecule has 2 rings (SSSR count). The standard InChI is InChI=1S/C15H23N3O3S/c1-16-9-10-18(15(19)12-17(2)22(3,20)21)14(11-16)13-7-5-4-6-8-13/h4-8,14H,9-12H2,1-3H3/t14-/m0/s1. The van der Waals surface area contributed by atoms with Gasteiger partial charge >= 0.3 is 0 Å². The van der Waals surface area contributed by atoms with Crippen molar-refractivity contribution in [1.29, 1.82) is 0 Å². The van der Waals surface area contributed by atoms with E-state index in [9.17, 15) is 13.2 Å². The first-order chi connectivity index (χ1) is 10.3. The Bertz CT molecular complexity index is 618. The molecule has 1 aliphatic heterocycles. The van der Waals surface area contributed by atoms with Gasteiger partial charge in [0.2, 0.25) is 15.9 Å².